The lowest BCUT2D eigenvalue weighted by atomic mass is 10.3. The molecule has 7 nitrogen and oxygen atoms in total. The minimum atomic E-state index is -3.78. The van der Waals surface area contributed by atoms with Gasteiger partial charge in [0.05, 0.1) is 10.6 Å². The third-order valence-electron chi connectivity index (χ3n) is 3.16. The Morgan fingerprint density at radius 3 is 2.08 bits per heavy atom. The lowest BCUT2D eigenvalue weighted by molar-refractivity contribution is -0.212. The van der Waals surface area contributed by atoms with Gasteiger partial charge in [-0.1, -0.05) is 36.4 Å². The molecule has 0 aliphatic carbocycles. The molecule has 1 aromatic heterocycles. The lowest BCUT2D eigenvalue weighted by Crippen LogP contribution is -2.20. The fourth-order valence-electron chi connectivity index (χ4n) is 1.95. The average molecular weight is 353 g/mol. The highest BCUT2D eigenvalue weighted by molar-refractivity contribution is 7.92. The number of sulfonamides is 1. The second kappa shape index (κ2) is 7.10. The second-order valence-electron chi connectivity index (χ2n) is 4.97. The van der Waals surface area contributed by atoms with E-state index in [-0.39, 0.29) is 16.4 Å². The van der Waals surface area contributed by atoms with Gasteiger partial charge >= 0.3 is 0 Å². The molecule has 0 amide bonds. The Bertz CT molecular complexity index is 973. The van der Waals surface area contributed by atoms with Gasteiger partial charge in [0.15, 0.2) is 0 Å². The number of benzene rings is 2. The fourth-order valence-corrected chi connectivity index (χ4v) is 2.93. The highest BCUT2D eigenvalue weighted by Crippen LogP contribution is 2.13. The molecule has 0 fully saturated rings. The Kier molecular flexibility index (Phi) is 4.71. The third kappa shape index (κ3) is 4.18. The van der Waals surface area contributed by atoms with Crippen molar-refractivity contribution in [1.82, 2.24) is 9.97 Å². The van der Waals surface area contributed by atoms with E-state index in [9.17, 15) is 13.5 Å². The van der Waals surface area contributed by atoms with Crippen LogP contribution in [0, 0.1) is 0 Å². The molecule has 1 N–H and O–H groups in total. The summed E-state index contributed by atoms with van der Waals surface area (Å²) in [4.78, 5) is 11.8. The minimum absolute atomic E-state index is 0.0952. The average Bonchev–Trinajstić information content (AvgIpc) is 2.63. The van der Waals surface area contributed by atoms with Crippen LogP contribution in [0.5, 0.6) is 0 Å². The quantitative estimate of drug-likeness (QED) is 0.555. The predicted octanol–water partition coefficient (Wildman–Crippen LogP) is 1.72. The predicted molar refractivity (Wildman–Crippen MR) is 91.9 cm³/mol. The summed E-state index contributed by atoms with van der Waals surface area (Å²) >= 11 is 0. The van der Waals surface area contributed by atoms with Crippen LogP contribution in [-0.4, -0.2) is 24.3 Å². The molecule has 8 heteroatoms. The van der Waals surface area contributed by atoms with Crippen molar-refractivity contribution in [3.63, 3.8) is 0 Å². The van der Waals surface area contributed by atoms with Gasteiger partial charge in [0.2, 0.25) is 5.95 Å². The third-order valence-corrected chi connectivity index (χ3v) is 4.51. The molecule has 0 saturated heterocycles. The molecular weight excluding hydrogens is 340 g/mol. The van der Waals surface area contributed by atoms with E-state index in [1.54, 1.807) is 42.5 Å². The van der Waals surface area contributed by atoms with Gasteiger partial charge in [-0.3, -0.25) is 4.99 Å². The minimum Gasteiger partial charge on any atom is -0.858 e. The maximum Gasteiger partial charge on any atom is 0.264 e. The maximum atomic E-state index is 12.2. The summed E-state index contributed by atoms with van der Waals surface area (Å²) in [5, 5.41) is 12.0. The zero-order valence-electron chi connectivity index (χ0n) is 12.9. The first-order valence-electron chi connectivity index (χ1n) is 7.26. The largest absolute Gasteiger partial charge is 0.858 e. The van der Waals surface area contributed by atoms with Gasteiger partial charge in [-0.15, -0.1) is 0 Å². The number of aromatic nitrogens is 2. The van der Waals surface area contributed by atoms with E-state index in [0.29, 0.717) is 5.69 Å². The van der Waals surface area contributed by atoms with Crippen molar-refractivity contribution in [1.29, 1.82) is 0 Å². The Morgan fingerprint density at radius 1 is 0.920 bits per heavy atom. The van der Waals surface area contributed by atoms with Crippen LogP contribution in [0.25, 0.3) is 0 Å². The zero-order chi connectivity index (χ0) is 17.7. The molecule has 0 bridgehead atoms. The summed E-state index contributed by atoms with van der Waals surface area (Å²) < 4.78 is 26.6. The van der Waals surface area contributed by atoms with Crippen LogP contribution in [0.1, 0.15) is 5.56 Å². The molecule has 0 radical (unpaired) electrons. The van der Waals surface area contributed by atoms with Crippen molar-refractivity contribution in [3.05, 3.63) is 78.6 Å². The number of aliphatic imine (C=N–C) groups is 1. The lowest BCUT2D eigenvalue weighted by Gasteiger charge is -2.11. The molecule has 3 rings (SSSR count). The molecule has 0 spiro atoms. The molecule has 3 aromatic rings. The van der Waals surface area contributed by atoms with Crippen molar-refractivity contribution in [2.24, 2.45) is 4.99 Å². The number of rotatable bonds is 5. The molecule has 0 aliphatic rings. The Balaban J connectivity index is 1.78. The molecule has 0 saturated carbocycles. The second-order valence-corrected chi connectivity index (χ2v) is 6.65. The number of nitrogens with zero attached hydrogens (tertiary/aromatic N) is 3. The highest BCUT2D eigenvalue weighted by atomic mass is 32.2. The van der Waals surface area contributed by atoms with E-state index < -0.39 is 15.9 Å². The standard InChI is InChI=1S/C17H14N4O3S/c22-16(20-14-7-3-1-4-8-14)13-11-18-17(19-12-13)21-25(23,24)15-9-5-2-6-10-15/h1-12H,(H,20,22)(H,18,19,21)/p-1. The van der Waals surface area contributed by atoms with Crippen LogP contribution in [0.15, 0.2) is 82.9 Å². The summed E-state index contributed by atoms with van der Waals surface area (Å²) in [6.45, 7) is 0. The number of nitrogens with one attached hydrogen (secondary N) is 1. The van der Waals surface area contributed by atoms with Crippen LogP contribution in [0.3, 0.4) is 0 Å². The van der Waals surface area contributed by atoms with Crippen molar-refractivity contribution in [2.45, 2.75) is 4.90 Å². The smallest absolute Gasteiger partial charge is 0.264 e. The first-order chi connectivity index (χ1) is 12.0. The van der Waals surface area contributed by atoms with E-state index >= 15 is 0 Å². The zero-order valence-corrected chi connectivity index (χ0v) is 13.7. The van der Waals surface area contributed by atoms with Crippen molar-refractivity contribution in [2.75, 3.05) is 4.72 Å². The van der Waals surface area contributed by atoms with Crippen molar-refractivity contribution < 1.29 is 13.5 Å². The number of anilines is 1. The molecule has 0 unspecified atom stereocenters. The van der Waals surface area contributed by atoms with Gasteiger partial charge in [0.1, 0.15) is 0 Å². The molecule has 2 aromatic carbocycles. The summed E-state index contributed by atoms with van der Waals surface area (Å²) in [5.74, 6) is -0.635. The van der Waals surface area contributed by atoms with Crippen LogP contribution >= 0.6 is 0 Å². The molecule has 1 heterocycles. The van der Waals surface area contributed by atoms with Gasteiger partial charge in [-0.25, -0.2) is 23.1 Å². The number of para-hydroxylation sites is 1. The Labute approximate surface area is 144 Å². The van der Waals surface area contributed by atoms with E-state index in [0.717, 1.165) is 0 Å². The SMILES string of the molecule is O=S(=O)(Nc1ncc(C([O-])=Nc2ccccc2)cn1)c1ccccc1. The summed E-state index contributed by atoms with van der Waals surface area (Å²) in [6.07, 6.45) is 2.45. The van der Waals surface area contributed by atoms with Crippen LogP contribution in [-0.2, 0) is 10.0 Å². The van der Waals surface area contributed by atoms with Gasteiger partial charge < -0.3 is 5.11 Å². The molecule has 0 aliphatic heterocycles. The first-order valence-corrected chi connectivity index (χ1v) is 8.74. The monoisotopic (exact) mass is 353 g/mol. The van der Waals surface area contributed by atoms with E-state index in [4.69, 9.17) is 0 Å². The summed E-state index contributed by atoms with van der Waals surface area (Å²) in [5.41, 5.74) is 0.674. The topological polar surface area (TPSA) is 107 Å². The summed E-state index contributed by atoms with van der Waals surface area (Å²) in [6, 6.07) is 16.6. The van der Waals surface area contributed by atoms with Gasteiger partial charge in [0.25, 0.3) is 10.0 Å². The van der Waals surface area contributed by atoms with Crippen LogP contribution in [0.4, 0.5) is 11.6 Å². The molecule has 25 heavy (non-hydrogen) atoms. The van der Waals surface area contributed by atoms with E-state index in [1.807, 2.05) is 6.07 Å². The van der Waals surface area contributed by atoms with Gasteiger partial charge in [-0.2, -0.15) is 0 Å². The van der Waals surface area contributed by atoms with Crippen molar-refractivity contribution in [3.8, 4) is 0 Å². The fraction of sp³-hybridized carbons (Fsp3) is 0. The highest BCUT2D eigenvalue weighted by Gasteiger charge is 2.14. The molecule has 0 atom stereocenters. The van der Waals surface area contributed by atoms with E-state index in [2.05, 4.69) is 19.7 Å². The van der Waals surface area contributed by atoms with Gasteiger partial charge in [-0.05, 0) is 30.2 Å². The van der Waals surface area contributed by atoms with Crippen molar-refractivity contribution >= 4 is 27.6 Å². The Hall–Kier alpha value is -3.26. The maximum absolute atomic E-state index is 12.2. The molecular formula is C17H13N4O3S-. The summed E-state index contributed by atoms with van der Waals surface area (Å²) in [7, 11) is -3.78. The number of hydrogen-bond donors (Lipinski definition) is 1. The number of hydrogen-bond acceptors (Lipinski definition) is 6. The Morgan fingerprint density at radius 2 is 1.48 bits per heavy atom. The van der Waals surface area contributed by atoms with Gasteiger partial charge in [0, 0.05) is 18.0 Å². The van der Waals surface area contributed by atoms with Crippen LogP contribution in [0.2, 0.25) is 0 Å². The normalized spacial score (nSPS) is 11.9. The van der Waals surface area contributed by atoms with E-state index in [1.165, 1.54) is 24.5 Å². The molecule has 126 valence electrons. The van der Waals surface area contributed by atoms with Crippen LogP contribution < -0.4 is 9.83 Å². The first kappa shape index (κ1) is 16.6.